The number of aromatic amines is 1. The zero-order valence-electron chi connectivity index (χ0n) is 17.7. The quantitative estimate of drug-likeness (QED) is 0.386. The Morgan fingerprint density at radius 1 is 1.16 bits per heavy atom. The summed E-state index contributed by atoms with van der Waals surface area (Å²) in [6.07, 6.45) is 2.76. The molecule has 0 aliphatic rings. The van der Waals surface area contributed by atoms with E-state index >= 15 is 0 Å². The third kappa shape index (κ3) is 6.15. The van der Waals surface area contributed by atoms with Crippen LogP contribution in [-0.2, 0) is 11.2 Å². The fraction of sp³-hybridized carbons (Fsp3) is 0.304. The Bertz CT molecular complexity index is 1120. The van der Waals surface area contributed by atoms with Crippen LogP contribution in [0.4, 0.5) is 0 Å². The summed E-state index contributed by atoms with van der Waals surface area (Å²) in [5, 5.41) is 3.99. The second-order valence-electron chi connectivity index (χ2n) is 6.81. The number of hydrogen-bond donors (Lipinski definition) is 2. The number of hydrogen-bond acceptors (Lipinski definition) is 6. The van der Waals surface area contributed by atoms with E-state index in [0.717, 1.165) is 12.0 Å². The number of hydrazone groups is 1. The summed E-state index contributed by atoms with van der Waals surface area (Å²) < 4.78 is 11.3. The maximum Gasteiger partial charge on any atom is 0.270 e. The predicted octanol–water partition coefficient (Wildman–Crippen LogP) is 3.19. The van der Waals surface area contributed by atoms with E-state index in [2.05, 4.69) is 20.5 Å². The van der Waals surface area contributed by atoms with Crippen LogP contribution in [0.15, 0.2) is 52.4 Å². The van der Waals surface area contributed by atoms with Crippen LogP contribution in [0.1, 0.15) is 37.9 Å². The second-order valence-corrected chi connectivity index (χ2v) is 6.81. The van der Waals surface area contributed by atoms with Crippen molar-refractivity contribution in [1.82, 2.24) is 15.4 Å². The smallest absolute Gasteiger partial charge is 0.270 e. The lowest BCUT2D eigenvalue weighted by Gasteiger charge is -2.11. The second kappa shape index (κ2) is 10.9. The number of benzene rings is 2. The number of nitrogens with one attached hydrogen (secondary N) is 2. The molecule has 0 aliphatic heterocycles. The number of fused-ring (bicyclic) bond motifs is 1. The molecule has 1 heterocycles. The molecular formula is C23H26N4O4. The first kappa shape index (κ1) is 22.0. The molecule has 8 nitrogen and oxygen atoms in total. The summed E-state index contributed by atoms with van der Waals surface area (Å²) in [7, 11) is 0. The van der Waals surface area contributed by atoms with E-state index in [1.54, 1.807) is 6.07 Å². The van der Waals surface area contributed by atoms with Gasteiger partial charge in [-0.3, -0.25) is 9.59 Å². The van der Waals surface area contributed by atoms with Gasteiger partial charge in [0.15, 0.2) is 11.5 Å². The number of nitrogens with zero attached hydrogens (tertiary/aromatic N) is 2. The molecule has 2 N–H and O–H groups in total. The van der Waals surface area contributed by atoms with Gasteiger partial charge >= 0.3 is 0 Å². The van der Waals surface area contributed by atoms with E-state index in [9.17, 15) is 9.59 Å². The van der Waals surface area contributed by atoms with Crippen molar-refractivity contribution in [3.05, 3.63) is 64.1 Å². The third-order valence-corrected chi connectivity index (χ3v) is 4.39. The zero-order valence-corrected chi connectivity index (χ0v) is 17.7. The molecule has 0 saturated carbocycles. The first-order valence-corrected chi connectivity index (χ1v) is 10.3. The highest BCUT2D eigenvalue weighted by Gasteiger charge is 2.08. The van der Waals surface area contributed by atoms with Gasteiger partial charge in [-0.25, -0.2) is 10.4 Å². The molecule has 0 unspecified atom stereocenters. The summed E-state index contributed by atoms with van der Waals surface area (Å²) in [6.45, 7) is 5.07. The predicted molar refractivity (Wildman–Crippen MR) is 120 cm³/mol. The van der Waals surface area contributed by atoms with Crippen molar-refractivity contribution in [2.24, 2.45) is 5.10 Å². The Morgan fingerprint density at radius 2 is 2.00 bits per heavy atom. The number of para-hydroxylation sites is 2. The first-order chi connectivity index (χ1) is 15.1. The Balaban J connectivity index is 1.57. The molecule has 0 radical (unpaired) electrons. The van der Waals surface area contributed by atoms with Gasteiger partial charge in [0.25, 0.3) is 5.56 Å². The molecule has 3 aromatic rings. The van der Waals surface area contributed by atoms with E-state index in [-0.39, 0.29) is 24.3 Å². The number of rotatable bonds is 10. The van der Waals surface area contributed by atoms with Crippen molar-refractivity contribution >= 4 is 23.2 Å². The highest BCUT2D eigenvalue weighted by atomic mass is 16.5. The van der Waals surface area contributed by atoms with Crippen LogP contribution in [0.3, 0.4) is 0 Å². The molecule has 3 rings (SSSR count). The van der Waals surface area contributed by atoms with E-state index in [1.165, 1.54) is 6.21 Å². The maximum atomic E-state index is 12.1. The van der Waals surface area contributed by atoms with Gasteiger partial charge in [-0.05, 0) is 49.2 Å². The van der Waals surface area contributed by atoms with E-state index in [1.807, 2.05) is 50.2 Å². The fourth-order valence-corrected chi connectivity index (χ4v) is 2.91. The largest absolute Gasteiger partial charge is 0.490 e. The van der Waals surface area contributed by atoms with Crippen LogP contribution in [-0.4, -0.2) is 35.3 Å². The van der Waals surface area contributed by atoms with Gasteiger partial charge in [0.05, 0.1) is 30.5 Å². The molecule has 8 heteroatoms. The van der Waals surface area contributed by atoms with Crippen molar-refractivity contribution in [2.75, 3.05) is 13.2 Å². The molecular weight excluding hydrogens is 396 g/mol. The monoisotopic (exact) mass is 422 g/mol. The average Bonchev–Trinajstić information content (AvgIpc) is 2.77. The molecule has 0 fully saturated rings. The molecule has 1 amide bonds. The summed E-state index contributed by atoms with van der Waals surface area (Å²) in [5.74, 6) is 1.00. The maximum absolute atomic E-state index is 12.1. The van der Waals surface area contributed by atoms with Gasteiger partial charge in [0, 0.05) is 12.8 Å². The van der Waals surface area contributed by atoms with Gasteiger partial charge < -0.3 is 14.5 Å². The molecule has 0 aliphatic carbocycles. The Hall–Kier alpha value is -3.68. The molecule has 1 aromatic heterocycles. The van der Waals surface area contributed by atoms with E-state index < -0.39 is 0 Å². The fourth-order valence-electron chi connectivity index (χ4n) is 2.91. The number of H-pyrrole nitrogens is 1. The summed E-state index contributed by atoms with van der Waals surface area (Å²) >= 11 is 0. The van der Waals surface area contributed by atoms with Crippen molar-refractivity contribution < 1.29 is 14.3 Å². The number of carbonyl (C=O) groups is 1. The summed E-state index contributed by atoms with van der Waals surface area (Å²) in [6, 6.07) is 12.7. The van der Waals surface area contributed by atoms with Crippen molar-refractivity contribution in [2.45, 2.75) is 33.1 Å². The van der Waals surface area contributed by atoms with Gasteiger partial charge in [0.1, 0.15) is 5.69 Å². The molecule has 0 atom stereocenters. The van der Waals surface area contributed by atoms with Crippen LogP contribution in [0.25, 0.3) is 11.0 Å². The lowest BCUT2D eigenvalue weighted by Crippen LogP contribution is -2.21. The summed E-state index contributed by atoms with van der Waals surface area (Å²) in [5.41, 5.74) is 4.63. The normalized spacial score (nSPS) is 11.0. The number of aryl methyl sites for hydroxylation is 1. The zero-order chi connectivity index (χ0) is 22.1. The van der Waals surface area contributed by atoms with Crippen LogP contribution in [0.2, 0.25) is 0 Å². The Kier molecular flexibility index (Phi) is 7.75. The van der Waals surface area contributed by atoms with E-state index in [4.69, 9.17) is 9.47 Å². The summed E-state index contributed by atoms with van der Waals surface area (Å²) in [4.78, 5) is 31.4. The molecule has 0 saturated heterocycles. The minimum atomic E-state index is -0.307. The lowest BCUT2D eigenvalue weighted by atomic mass is 10.2. The number of aromatic nitrogens is 2. The topological polar surface area (TPSA) is 106 Å². The lowest BCUT2D eigenvalue weighted by molar-refractivity contribution is -0.121. The van der Waals surface area contributed by atoms with Crippen molar-refractivity contribution in [3.8, 4) is 11.5 Å². The first-order valence-electron chi connectivity index (χ1n) is 10.3. The number of amides is 1. The minimum Gasteiger partial charge on any atom is -0.490 e. The van der Waals surface area contributed by atoms with Crippen molar-refractivity contribution in [1.29, 1.82) is 0 Å². The minimum absolute atomic E-state index is 0.0970. The van der Waals surface area contributed by atoms with Crippen LogP contribution in [0.5, 0.6) is 11.5 Å². The SMILES string of the molecule is CCCOc1ccc(/C=N\NC(=O)CCc2nc3ccccc3[nH]c2=O)cc1OCC. The van der Waals surface area contributed by atoms with Gasteiger partial charge in [-0.1, -0.05) is 19.1 Å². The average molecular weight is 422 g/mol. The van der Waals surface area contributed by atoms with Crippen LogP contribution in [0, 0.1) is 0 Å². The highest BCUT2D eigenvalue weighted by Crippen LogP contribution is 2.28. The number of ether oxygens (including phenoxy) is 2. The highest BCUT2D eigenvalue weighted by molar-refractivity contribution is 5.83. The Labute approximate surface area is 180 Å². The van der Waals surface area contributed by atoms with Crippen LogP contribution >= 0.6 is 0 Å². The molecule has 31 heavy (non-hydrogen) atoms. The van der Waals surface area contributed by atoms with Gasteiger partial charge in [-0.15, -0.1) is 0 Å². The van der Waals surface area contributed by atoms with Gasteiger partial charge in [0.2, 0.25) is 5.91 Å². The Morgan fingerprint density at radius 3 is 2.81 bits per heavy atom. The van der Waals surface area contributed by atoms with Crippen LogP contribution < -0.4 is 20.5 Å². The van der Waals surface area contributed by atoms with E-state index in [0.29, 0.717) is 41.4 Å². The third-order valence-electron chi connectivity index (χ3n) is 4.39. The standard InChI is InChI=1S/C23H26N4O4/c1-3-13-31-20-11-9-16(14-21(20)30-4-2)15-24-27-22(28)12-10-19-23(29)26-18-8-6-5-7-17(18)25-19/h5-9,11,14-15H,3-4,10,12-13H2,1-2H3,(H,26,29)(H,27,28)/b24-15-. The molecule has 162 valence electrons. The van der Waals surface area contributed by atoms with Gasteiger partial charge in [-0.2, -0.15) is 5.10 Å². The number of carbonyl (C=O) groups excluding carboxylic acids is 1. The van der Waals surface area contributed by atoms with Crippen molar-refractivity contribution in [3.63, 3.8) is 0 Å². The molecule has 0 bridgehead atoms. The molecule has 0 spiro atoms. The molecule has 2 aromatic carbocycles.